The first-order chi connectivity index (χ1) is 11.2. The van der Waals surface area contributed by atoms with Gasteiger partial charge < -0.3 is 23.2 Å². The van der Waals surface area contributed by atoms with Gasteiger partial charge in [-0.1, -0.05) is 26.7 Å². The van der Waals surface area contributed by atoms with Gasteiger partial charge in [-0.05, 0) is 56.8 Å². The lowest BCUT2D eigenvalue weighted by molar-refractivity contribution is 0.131. The van der Waals surface area contributed by atoms with Gasteiger partial charge in [-0.2, -0.15) is 0 Å². The Morgan fingerprint density at radius 1 is 0.958 bits per heavy atom. The fourth-order valence-electron chi connectivity index (χ4n) is 1.60. The molecule has 10 heteroatoms. The van der Waals surface area contributed by atoms with E-state index in [1.54, 1.807) is 13.8 Å². The lowest BCUT2D eigenvalue weighted by Gasteiger charge is -2.34. The van der Waals surface area contributed by atoms with Crippen LogP contribution >= 0.6 is 24.7 Å². The average Bonchev–Trinajstić information content (AvgIpc) is 2.47. The van der Waals surface area contributed by atoms with Crippen LogP contribution < -0.4 is 0 Å². The summed E-state index contributed by atoms with van der Waals surface area (Å²) in [6, 6.07) is 0. The van der Waals surface area contributed by atoms with E-state index in [9.17, 15) is 9.67 Å². The maximum absolute atomic E-state index is 13.2. The molecule has 0 rings (SSSR count). The van der Waals surface area contributed by atoms with Crippen molar-refractivity contribution in [1.29, 1.82) is 0 Å². The Labute approximate surface area is 155 Å². The van der Waals surface area contributed by atoms with Crippen molar-refractivity contribution in [3.63, 3.8) is 0 Å². The van der Waals surface area contributed by atoms with E-state index in [2.05, 4.69) is 0 Å². The van der Waals surface area contributed by atoms with Crippen LogP contribution in [-0.2, 0) is 34.5 Å². The minimum Gasteiger partial charge on any atom is -0.369 e. The van der Waals surface area contributed by atoms with Gasteiger partial charge in [0.2, 0.25) is 4.67 Å². The predicted molar refractivity (Wildman–Crippen MR) is 105 cm³/mol. The quantitative estimate of drug-likeness (QED) is 0.210. The molecule has 1 unspecified atom stereocenters. The molecule has 24 heavy (non-hydrogen) atoms. The van der Waals surface area contributed by atoms with Crippen LogP contribution in [0.5, 0.6) is 0 Å². The van der Waals surface area contributed by atoms with Gasteiger partial charge in [0, 0.05) is 0 Å². The van der Waals surface area contributed by atoms with Crippen molar-refractivity contribution < 1.29 is 27.8 Å². The van der Waals surface area contributed by atoms with Gasteiger partial charge in [0.15, 0.2) is 0 Å². The lowest BCUT2D eigenvalue weighted by atomic mass is 10.4. The summed E-state index contributed by atoms with van der Waals surface area (Å²) in [6.45, 7) is 10.2. The highest BCUT2D eigenvalue weighted by Gasteiger charge is 2.51. The zero-order valence-corrected chi connectivity index (χ0v) is 18.8. The first-order valence-electron chi connectivity index (χ1n) is 8.41. The van der Waals surface area contributed by atoms with Crippen molar-refractivity contribution in [2.24, 2.45) is 0 Å². The zero-order valence-electron chi connectivity index (χ0n) is 15.4. The lowest BCUT2D eigenvalue weighted by Crippen LogP contribution is -2.24. The van der Waals surface area contributed by atoms with E-state index in [1.165, 1.54) is 6.92 Å². The topological polar surface area (TPSA) is 74.2 Å². The molecule has 1 N–H and O–H groups in total. The van der Waals surface area contributed by atoms with Gasteiger partial charge in [-0.25, -0.2) is 0 Å². The number of hydrogen-bond acceptors (Lipinski definition) is 8. The molecule has 0 radical (unpaired) electrons. The van der Waals surface area contributed by atoms with Crippen molar-refractivity contribution in [2.75, 3.05) is 26.4 Å². The van der Waals surface area contributed by atoms with Crippen LogP contribution in [0.2, 0.25) is 0 Å². The van der Waals surface area contributed by atoms with Crippen molar-refractivity contribution >= 4 is 36.5 Å². The third kappa shape index (κ3) is 8.61. The molecule has 0 fully saturated rings. The predicted octanol–water partition coefficient (Wildman–Crippen LogP) is 5.51. The van der Waals surface area contributed by atoms with E-state index in [4.69, 9.17) is 29.9 Å². The first kappa shape index (κ1) is 25.0. The summed E-state index contributed by atoms with van der Waals surface area (Å²) < 4.78 is 33.4. The third-order valence-corrected chi connectivity index (χ3v) is 11.7. The van der Waals surface area contributed by atoms with Crippen LogP contribution in [0.15, 0.2) is 0 Å². The molecule has 0 saturated carbocycles. The molecule has 0 aromatic rings. The van der Waals surface area contributed by atoms with Crippen molar-refractivity contribution in [3.8, 4) is 0 Å². The second-order valence-corrected chi connectivity index (χ2v) is 14.4. The van der Waals surface area contributed by atoms with Crippen LogP contribution in [0, 0.1) is 0 Å². The van der Waals surface area contributed by atoms with Gasteiger partial charge >= 0.3 is 7.60 Å². The van der Waals surface area contributed by atoms with Gasteiger partial charge in [-0.3, -0.25) is 4.57 Å². The highest BCUT2D eigenvalue weighted by atomic mass is 32.9. The van der Waals surface area contributed by atoms with E-state index in [-0.39, 0.29) is 13.2 Å². The summed E-state index contributed by atoms with van der Waals surface area (Å²) in [5, 5.41) is 10.9. The second-order valence-electron chi connectivity index (χ2n) is 5.18. The summed E-state index contributed by atoms with van der Waals surface area (Å²) in [4.78, 5) is 0. The summed E-state index contributed by atoms with van der Waals surface area (Å²) in [6.07, 6.45) is 3.24. The number of aliphatic hydroxyl groups is 1. The molecule has 1 atom stereocenters. The third-order valence-electron chi connectivity index (χ3n) is 2.89. The minimum atomic E-state index is -3.81. The van der Waals surface area contributed by atoms with Crippen LogP contribution in [0.3, 0.4) is 0 Å². The summed E-state index contributed by atoms with van der Waals surface area (Å²) in [5.74, 6) is 0. The van der Waals surface area contributed by atoms with Crippen molar-refractivity contribution in [2.45, 2.75) is 65.0 Å². The van der Waals surface area contributed by atoms with Crippen LogP contribution in [-0.4, -0.2) is 36.2 Å². The fourth-order valence-corrected chi connectivity index (χ4v) is 11.4. The molecular weight excluding hydrogens is 390 g/mol. The van der Waals surface area contributed by atoms with Gasteiger partial charge in [-0.15, -0.1) is 0 Å². The summed E-state index contributed by atoms with van der Waals surface area (Å²) >= 11 is 6.27. The Morgan fingerprint density at radius 3 is 1.71 bits per heavy atom. The molecule has 0 saturated heterocycles. The molecule has 0 amide bonds. The van der Waals surface area contributed by atoms with E-state index < -0.39 is 18.0 Å². The molecule has 6 nitrogen and oxygen atoms in total. The van der Waals surface area contributed by atoms with Gasteiger partial charge in [0.1, 0.15) is 0 Å². The second kappa shape index (κ2) is 12.4. The number of rotatable bonds is 15. The van der Waals surface area contributed by atoms with Crippen LogP contribution in [0.4, 0.5) is 0 Å². The minimum absolute atomic E-state index is 0.253. The highest BCUT2D eigenvalue weighted by Crippen LogP contribution is 2.75. The highest BCUT2D eigenvalue weighted by molar-refractivity contribution is 8.69. The van der Waals surface area contributed by atoms with Crippen LogP contribution in [0.25, 0.3) is 0 Å². The standard InChI is InChI=1S/C14H32O6P2S2/c1-6-10-12-19-21(16,20-13-11-7-2)14(5,15)24-22(23,17-8-3)18-9-4/h15H,6-13H2,1-5H3. The monoisotopic (exact) mass is 422 g/mol. The smallest absolute Gasteiger partial charge is 0.369 e. The fraction of sp³-hybridized carbons (Fsp3) is 1.00. The van der Waals surface area contributed by atoms with E-state index >= 15 is 0 Å². The van der Waals surface area contributed by atoms with Crippen LogP contribution in [0.1, 0.15) is 60.3 Å². The number of hydrogen-bond donors (Lipinski definition) is 1. The molecule has 0 spiro atoms. The molecule has 146 valence electrons. The Hall–Kier alpha value is 1.03. The normalized spacial score (nSPS) is 15.4. The average molecular weight is 422 g/mol. The molecular formula is C14H32O6P2S2. The Balaban J connectivity index is 5.29. The Morgan fingerprint density at radius 2 is 1.38 bits per heavy atom. The van der Waals surface area contributed by atoms with E-state index in [0.717, 1.165) is 37.1 Å². The zero-order chi connectivity index (χ0) is 18.7. The van der Waals surface area contributed by atoms with Gasteiger partial charge in [0.25, 0.3) is 5.69 Å². The maximum Gasteiger partial charge on any atom is 0.372 e. The first-order valence-corrected chi connectivity index (χ1v) is 14.0. The molecule has 0 aromatic carbocycles. The molecule has 0 aliphatic carbocycles. The Kier molecular flexibility index (Phi) is 13.0. The largest absolute Gasteiger partial charge is 0.372 e. The number of unbranched alkanes of at least 4 members (excludes halogenated alkanes) is 2. The molecule has 0 bridgehead atoms. The maximum atomic E-state index is 13.2. The molecule has 0 heterocycles. The van der Waals surface area contributed by atoms with E-state index in [0.29, 0.717) is 13.2 Å². The van der Waals surface area contributed by atoms with Crippen molar-refractivity contribution in [1.82, 2.24) is 0 Å². The SMILES string of the molecule is CCCCOP(=O)(OCCCC)C(C)(O)SP(=S)(OCC)OCC. The Bertz CT molecular complexity index is 409. The molecule has 0 aliphatic heterocycles. The van der Waals surface area contributed by atoms with Crippen molar-refractivity contribution in [3.05, 3.63) is 0 Å². The van der Waals surface area contributed by atoms with E-state index in [1.807, 2.05) is 13.8 Å². The molecule has 0 aromatic heterocycles. The molecule has 0 aliphatic rings. The van der Waals surface area contributed by atoms with Gasteiger partial charge in [0.05, 0.1) is 26.4 Å². The summed E-state index contributed by atoms with van der Waals surface area (Å²) in [5.41, 5.74) is -2.85. The summed E-state index contributed by atoms with van der Waals surface area (Å²) in [7, 11) is -3.81.